The first-order chi connectivity index (χ1) is 12.5. The van der Waals surface area contributed by atoms with Crippen LogP contribution in [0.2, 0.25) is 0 Å². The van der Waals surface area contributed by atoms with Crippen LogP contribution in [0.5, 0.6) is 23.0 Å². The molecule has 0 aliphatic carbocycles. The molecule has 0 aliphatic rings. The van der Waals surface area contributed by atoms with Crippen LogP contribution in [0, 0.1) is 0 Å². The van der Waals surface area contributed by atoms with Crippen molar-refractivity contribution in [1.82, 2.24) is 0 Å². The molecule has 2 aromatic rings. The molecule has 1 aromatic heterocycles. The first-order valence-electron chi connectivity index (χ1n) is 8.35. The fourth-order valence-electron chi connectivity index (χ4n) is 2.36. The van der Waals surface area contributed by atoms with Crippen LogP contribution in [-0.2, 0) is 0 Å². The van der Waals surface area contributed by atoms with E-state index in [-0.39, 0.29) is 6.10 Å². The molecule has 0 spiro atoms. The number of hydrogen-bond donors (Lipinski definition) is 0. The van der Waals surface area contributed by atoms with Gasteiger partial charge in [0.2, 0.25) is 5.75 Å². The summed E-state index contributed by atoms with van der Waals surface area (Å²) in [6, 6.07) is 6.62. The molecule has 140 valence electrons. The van der Waals surface area contributed by atoms with Crippen LogP contribution in [0.15, 0.2) is 33.5 Å². The topological polar surface area (TPSA) is 67.1 Å². The Kier molecular flexibility index (Phi) is 6.72. The van der Waals surface area contributed by atoms with Crippen LogP contribution >= 0.6 is 0 Å². The number of methoxy groups -OCH3 is 2. The number of benzene rings is 1. The molecule has 0 radical (unpaired) electrons. The third-order valence-electron chi connectivity index (χ3n) is 3.35. The van der Waals surface area contributed by atoms with Crippen LogP contribution < -0.4 is 24.6 Å². The van der Waals surface area contributed by atoms with Crippen LogP contribution in [0.25, 0.3) is 12.2 Å². The van der Waals surface area contributed by atoms with E-state index in [1.54, 1.807) is 32.4 Å². The standard InChI is InChI=1S/C20H24O6/c1-6-24-20-17(22-4)9-14(10-18(20)23-5)7-8-15-11-16(25-13(2)3)12-19(21)26-15/h7-13H,6H2,1-5H3/b8-7+. The lowest BCUT2D eigenvalue weighted by molar-refractivity contribution is 0.239. The van der Waals surface area contributed by atoms with Gasteiger partial charge in [-0.15, -0.1) is 0 Å². The predicted octanol–water partition coefficient (Wildman–Crippen LogP) is 4.01. The molecular weight excluding hydrogens is 336 g/mol. The van der Waals surface area contributed by atoms with Crippen LogP contribution in [0.4, 0.5) is 0 Å². The predicted molar refractivity (Wildman–Crippen MR) is 100 cm³/mol. The Bertz CT molecular complexity index is 794. The van der Waals surface area contributed by atoms with Gasteiger partial charge in [-0.2, -0.15) is 0 Å². The maximum atomic E-state index is 11.7. The van der Waals surface area contributed by atoms with Gasteiger partial charge in [0.25, 0.3) is 0 Å². The second kappa shape index (κ2) is 8.99. The number of ether oxygens (including phenoxy) is 4. The largest absolute Gasteiger partial charge is 0.493 e. The van der Waals surface area contributed by atoms with Gasteiger partial charge < -0.3 is 23.4 Å². The van der Waals surface area contributed by atoms with Gasteiger partial charge in [0.15, 0.2) is 11.5 Å². The maximum absolute atomic E-state index is 11.7. The molecule has 6 nitrogen and oxygen atoms in total. The summed E-state index contributed by atoms with van der Waals surface area (Å²) in [6.45, 7) is 6.17. The van der Waals surface area contributed by atoms with Gasteiger partial charge in [0, 0.05) is 6.07 Å². The molecule has 1 heterocycles. The Balaban J connectivity index is 2.35. The highest BCUT2D eigenvalue weighted by atomic mass is 16.5. The van der Waals surface area contributed by atoms with Gasteiger partial charge in [-0.1, -0.05) is 6.08 Å². The van der Waals surface area contributed by atoms with Crippen molar-refractivity contribution >= 4 is 12.2 Å². The van der Waals surface area contributed by atoms with Crippen LogP contribution in [-0.4, -0.2) is 26.9 Å². The monoisotopic (exact) mass is 360 g/mol. The smallest absolute Gasteiger partial charge is 0.339 e. The normalized spacial score (nSPS) is 11.0. The van der Waals surface area contributed by atoms with E-state index < -0.39 is 5.63 Å². The van der Waals surface area contributed by atoms with Crippen molar-refractivity contribution in [1.29, 1.82) is 0 Å². The van der Waals surface area contributed by atoms with Crippen LogP contribution in [0.3, 0.4) is 0 Å². The zero-order chi connectivity index (χ0) is 19.1. The van der Waals surface area contributed by atoms with Gasteiger partial charge in [-0.05, 0) is 44.5 Å². The molecule has 0 bridgehead atoms. The van der Waals surface area contributed by atoms with Crippen molar-refractivity contribution in [2.75, 3.05) is 20.8 Å². The highest BCUT2D eigenvalue weighted by Crippen LogP contribution is 2.39. The third kappa shape index (κ3) is 5.05. The summed E-state index contributed by atoms with van der Waals surface area (Å²) in [5, 5.41) is 0. The summed E-state index contributed by atoms with van der Waals surface area (Å²) >= 11 is 0. The molecular formula is C20H24O6. The molecule has 0 fully saturated rings. The van der Waals surface area contributed by atoms with E-state index in [1.807, 2.05) is 32.9 Å². The summed E-state index contributed by atoms with van der Waals surface area (Å²) in [7, 11) is 3.13. The third-order valence-corrected chi connectivity index (χ3v) is 3.35. The maximum Gasteiger partial charge on any atom is 0.339 e. The molecule has 6 heteroatoms. The minimum atomic E-state index is -0.468. The zero-order valence-corrected chi connectivity index (χ0v) is 15.7. The molecule has 1 aromatic carbocycles. The summed E-state index contributed by atoms with van der Waals surface area (Å²) in [4.78, 5) is 11.7. The van der Waals surface area contributed by atoms with E-state index in [0.29, 0.717) is 35.4 Å². The van der Waals surface area contributed by atoms with E-state index in [2.05, 4.69) is 0 Å². The molecule has 2 rings (SSSR count). The van der Waals surface area contributed by atoms with Crippen molar-refractivity contribution in [3.05, 3.63) is 46.0 Å². The van der Waals surface area contributed by atoms with Crippen LogP contribution in [0.1, 0.15) is 32.1 Å². The lowest BCUT2D eigenvalue weighted by Gasteiger charge is -2.14. The Hall–Kier alpha value is -2.89. The molecule has 0 saturated carbocycles. The van der Waals surface area contributed by atoms with Crippen molar-refractivity contribution in [3.8, 4) is 23.0 Å². The molecule has 0 aliphatic heterocycles. The Morgan fingerprint density at radius 1 is 1.04 bits per heavy atom. The van der Waals surface area contributed by atoms with Gasteiger partial charge >= 0.3 is 5.63 Å². The molecule has 0 saturated heterocycles. The van der Waals surface area contributed by atoms with Crippen molar-refractivity contribution in [3.63, 3.8) is 0 Å². The minimum absolute atomic E-state index is 0.0340. The SMILES string of the molecule is CCOc1c(OC)cc(/C=C/c2cc(OC(C)C)cc(=O)o2)cc1OC. The van der Waals surface area contributed by atoms with E-state index >= 15 is 0 Å². The number of hydrogen-bond acceptors (Lipinski definition) is 6. The fraction of sp³-hybridized carbons (Fsp3) is 0.350. The van der Waals surface area contributed by atoms with Gasteiger partial charge in [-0.25, -0.2) is 4.79 Å². The number of rotatable bonds is 8. The van der Waals surface area contributed by atoms with Gasteiger partial charge in [-0.3, -0.25) is 0 Å². The lowest BCUT2D eigenvalue weighted by atomic mass is 10.1. The minimum Gasteiger partial charge on any atom is -0.493 e. The quantitative estimate of drug-likeness (QED) is 0.708. The molecule has 0 atom stereocenters. The molecule has 26 heavy (non-hydrogen) atoms. The van der Waals surface area contributed by atoms with E-state index in [9.17, 15) is 4.79 Å². The Morgan fingerprint density at radius 2 is 1.69 bits per heavy atom. The average Bonchev–Trinajstić information content (AvgIpc) is 2.59. The first-order valence-corrected chi connectivity index (χ1v) is 8.35. The second-order valence-corrected chi connectivity index (χ2v) is 5.70. The Morgan fingerprint density at radius 3 is 2.23 bits per heavy atom. The highest BCUT2D eigenvalue weighted by Gasteiger charge is 2.13. The second-order valence-electron chi connectivity index (χ2n) is 5.70. The Labute approximate surface area is 153 Å². The molecule has 0 amide bonds. The first kappa shape index (κ1) is 19.4. The van der Waals surface area contributed by atoms with Crippen molar-refractivity contribution < 1.29 is 23.4 Å². The van der Waals surface area contributed by atoms with Gasteiger partial charge in [0.1, 0.15) is 11.5 Å². The fourth-order valence-corrected chi connectivity index (χ4v) is 2.36. The zero-order valence-electron chi connectivity index (χ0n) is 15.7. The van der Waals surface area contributed by atoms with E-state index in [0.717, 1.165) is 5.56 Å². The summed E-state index contributed by atoms with van der Waals surface area (Å²) < 4.78 is 27.1. The van der Waals surface area contributed by atoms with Crippen molar-refractivity contribution in [2.45, 2.75) is 26.9 Å². The summed E-state index contributed by atoms with van der Waals surface area (Å²) in [6.07, 6.45) is 3.44. The van der Waals surface area contributed by atoms with Gasteiger partial charge in [0.05, 0.1) is 33.0 Å². The van der Waals surface area contributed by atoms with E-state index in [1.165, 1.54) is 6.07 Å². The lowest BCUT2D eigenvalue weighted by Crippen LogP contribution is -2.08. The highest BCUT2D eigenvalue weighted by molar-refractivity contribution is 5.71. The molecule has 0 N–H and O–H groups in total. The van der Waals surface area contributed by atoms with Crippen molar-refractivity contribution in [2.24, 2.45) is 0 Å². The van der Waals surface area contributed by atoms with E-state index in [4.69, 9.17) is 23.4 Å². The molecule has 0 unspecified atom stereocenters. The average molecular weight is 360 g/mol. The summed E-state index contributed by atoms with van der Waals surface area (Å²) in [5.41, 5.74) is 0.338. The summed E-state index contributed by atoms with van der Waals surface area (Å²) in [5.74, 6) is 2.53.